The van der Waals surface area contributed by atoms with Crippen LogP contribution in [0.5, 0.6) is 11.5 Å². The molecule has 0 radical (unpaired) electrons. The van der Waals surface area contributed by atoms with Crippen molar-refractivity contribution in [3.05, 3.63) is 64.8 Å². The second kappa shape index (κ2) is 12.0. The van der Waals surface area contributed by atoms with Gasteiger partial charge in [-0.05, 0) is 74.0 Å². The number of fused-ring (bicyclic) bond motifs is 6. The molecule has 3 unspecified atom stereocenters. The first kappa shape index (κ1) is 27.7. The summed E-state index contributed by atoms with van der Waals surface area (Å²) in [5.41, 5.74) is 14.4. The first-order chi connectivity index (χ1) is 18.2. The maximum atomic E-state index is 11.2. The minimum atomic E-state index is -0.679. The standard InChI is InChI=1S/C22H21NO3.C8H20N4/c1-22-11-17-14(8-12-4-2-3-5-16(12)23-17)10-15(21(22)26)9-13-6-7-18(24)20(25)19(13)22;1-2-11-6-4-3-5-7-12-8(9)10/h2-8,15,21,24-26H,9-11H2,1H3;11H,2-7H2,1H3,(H4,9,10,12). The topological polar surface area (TPSA) is 150 Å². The van der Waals surface area contributed by atoms with E-state index in [0.717, 1.165) is 54.6 Å². The molecule has 8 nitrogen and oxygen atoms in total. The van der Waals surface area contributed by atoms with E-state index in [9.17, 15) is 15.3 Å². The van der Waals surface area contributed by atoms with Crippen LogP contribution >= 0.6 is 0 Å². The van der Waals surface area contributed by atoms with Crippen molar-refractivity contribution in [2.24, 2.45) is 22.4 Å². The highest BCUT2D eigenvalue weighted by Crippen LogP contribution is 2.51. The number of phenols is 2. The number of phenolic OH excluding ortho intramolecular Hbond substituents is 2. The second-order valence-electron chi connectivity index (χ2n) is 10.7. The van der Waals surface area contributed by atoms with Crippen molar-refractivity contribution in [2.75, 3.05) is 19.6 Å². The van der Waals surface area contributed by atoms with E-state index >= 15 is 0 Å². The number of hydrogen-bond acceptors (Lipinski definition) is 6. The van der Waals surface area contributed by atoms with Gasteiger partial charge in [-0.15, -0.1) is 0 Å². The Kier molecular flexibility index (Phi) is 8.74. The minimum Gasteiger partial charge on any atom is -0.504 e. The number of aliphatic hydroxyl groups is 1. The molecule has 38 heavy (non-hydrogen) atoms. The molecule has 2 aromatic carbocycles. The number of aliphatic hydroxyl groups excluding tert-OH is 1. The summed E-state index contributed by atoms with van der Waals surface area (Å²) in [4.78, 5) is 8.78. The molecular weight excluding hydrogens is 478 g/mol. The Morgan fingerprint density at radius 3 is 2.61 bits per heavy atom. The number of aromatic hydroxyl groups is 2. The molecule has 0 aliphatic heterocycles. The normalized spacial score (nSPS) is 21.4. The number of nitrogens with two attached hydrogens (primary N) is 2. The van der Waals surface area contributed by atoms with Gasteiger partial charge in [0.05, 0.1) is 11.6 Å². The Morgan fingerprint density at radius 2 is 1.84 bits per heavy atom. The van der Waals surface area contributed by atoms with Crippen molar-refractivity contribution in [3.63, 3.8) is 0 Å². The van der Waals surface area contributed by atoms with Crippen molar-refractivity contribution in [2.45, 2.75) is 63.9 Å². The highest BCUT2D eigenvalue weighted by Gasteiger charge is 2.49. The molecule has 8 N–H and O–H groups in total. The zero-order chi connectivity index (χ0) is 27.3. The van der Waals surface area contributed by atoms with Crippen molar-refractivity contribution >= 4 is 16.9 Å². The lowest BCUT2D eigenvalue weighted by atomic mass is 9.63. The predicted molar refractivity (Wildman–Crippen MR) is 153 cm³/mol. The van der Waals surface area contributed by atoms with E-state index in [2.05, 4.69) is 29.4 Å². The maximum absolute atomic E-state index is 11.2. The molecule has 2 aliphatic rings. The summed E-state index contributed by atoms with van der Waals surface area (Å²) in [6, 6.07) is 13.7. The van der Waals surface area contributed by atoms with Crippen molar-refractivity contribution < 1.29 is 15.3 Å². The highest BCUT2D eigenvalue weighted by atomic mass is 16.3. The van der Waals surface area contributed by atoms with Crippen molar-refractivity contribution in [1.29, 1.82) is 0 Å². The number of aliphatic imine (C=N–C) groups is 1. The molecule has 1 heterocycles. The number of para-hydroxylation sites is 1. The van der Waals surface area contributed by atoms with Gasteiger partial charge in [-0.25, -0.2) is 0 Å². The van der Waals surface area contributed by atoms with Gasteiger partial charge in [0.1, 0.15) is 0 Å². The summed E-state index contributed by atoms with van der Waals surface area (Å²) in [7, 11) is 0. The van der Waals surface area contributed by atoms with Crippen LogP contribution in [0.25, 0.3) is 10.9 Å². The van der Waals surface area contributed by atoms with Crippen molar-refractivity contribution in [3.8, 4) is 11.5 Å². The lowest BCUT2D eigenvalue weighted by Gasteiger charge is -2.43. The average molecular weight is 520 g/mol. The van der Waals surface area contributed by atoms with E-state index in [1.807, 2.05) is 31.2 Å². The molecular formula is C30H41N5O3. The van der Waals surface area contributed by atoms with E-state index in [-0.39, 0.29) is 23.4 Å². The highest BCUT2D eigenvalue weighted by molar-refractivity contribution is 5.79. The smallest absolute Gasteiger partial charge is 0.185 e. The zero-order valence-electron chi connectivity index (χ0n) is 22.5. The predicted octanol–water partition coefficient (Wildman–Crippen LogP) is 3.28. The molecule has 2 bridgehead atoms. The van der Waals surface area contributed by atoms with Crippen LogP contribution in [0.2, 0.25) is 0 Å². The van der Waals surface area contributed by atoms with Gasteiger partial charge in [-0.1, -0.05) is 44.5 Å². The van der Waals surface area contributed by atoms with Gasteiger partial charge in [-0.3, -0.25) is 9.98 Å². The van der Waals surface area contributed by atoms with Gasteiger partial charge in [0.15, 0.2) is 17.5 Å². The number of rotatable bonds is 7. The summed E-state index contributed by atoms with van der Waals surface area (Å²) in [6.07, 6.45) is 4.85. The summed E-state index contributed by atoms with van der Waals surface area (Å²) in [5.74, 6) is 0.0284. The third-order valence-corrected chi connectivity index (χ3v) is 7.86. The zero-order valence-corrected chi connectivity index (χ0v) is 22.5. The summed E-state index contributed by atoms with van der Waals surface area (Å²) >= 11 is 0. The van der Waals surface area contributed by atoms with Crippen LogP contribution in [0.4, 0.5) is 0 Å². The molecule has 3 aromatic rings. The fourth-order valence-corrected chi connectivity index (χ4v) is 5.95. The molecule has 1 aromatic heterocycles. The van der Waals surface area contributed by atoms with Crippen LogP contribution in [0.15, 0.2) is 47.5 Å². The number of pyridine rings is 1. The fraction of sp³-hybridized carbons (Fsp3) is 0.467. The Hall–Kier alpha value is -3.36. The van der Waals surface area contributed by atoms with E-state index in [4.69, 9.17) is 16.5 Å². The van der Waals surface area contributed by atoms with Gasteiger partial charge < -0.3 is 32.1 Å². The SMILES string of the molecule is CC12Cc3nc4ccccc4cc3CC(Cc3ccc(O)c(O)c31)C2O.CCNCCCCCN=C(N)N. The van der Waals surface area contributed by atoms with Gasteiger partial charge in [-0.2, -0.15) is 0 Å². The van der Waals surface area contributed by atoms with Gasteiger partial charge in [0.25, 0.3) is 0 Å². The third-order valence-electron chi connectivity index (χ3n) is 7.86. The Labute approximate surface area is 224 Å². The first-order valence-electron chi connectivity index (χ1n) is 13.6. The summed E-state index contributed by atoms with van der Waals surface area (Å²) < 4.78 is 0. The van der Waals surface area contributed by atoms with Crippen LogP contribution in [-0.4, -0.2) is 52.0 Å². The first-order valence-corrected chi connectivity index (χ1v) is 13.6. The number of unbranched alkanes of at least 4 members (excludes halogenated alkanes) is 2. The molecule has 0 fully saturated rings. The fourth-order valence-electron chi connectivity index (χ4n) is 5.95. The number of aromatic nitrogens is 1. The van der Waals surface area contributed by atoms with Crippen LogP contribution in [-0.2, 0) is 24.7 Å². The van der Waals surface area contributed by atoms with Gasteiger partial charge in [0, 0.05) is 35.0 Å². The Bertz CT molecular complexity index is 1290. The quantitative estimate of drug-likeness (QED) is 0.121. The van der Waals surface area contributed by atoms with E-state index in [1.165, 1.54) is 18.4 Å². The molecule has 3 atom stereocenters. The number of guanidine groups is 1. The molecule has 2 aliphatic carbocycles. The molecule has 0 saturated carbocycles. The molecule has 8 heteroatoms. The Balaban J connectivity index is 0.000000240. The summed E-state index contributed by atoms with van der Waals surface area (Å²) in [5, 5.41) is 36.2. The number of hydrogen-bond donors (Lipinski definition) is 6. The number of nitrogens with one attached hydrogen (secondary N) is 1. The lowest BCUT2D eigenvalue weighted by molar-refractivity contribution is 0.0272. The maximum Gasteiger partial charge on any atom is 0.185 e. The Morgan fingerprint density at radius 1 is 1.08 bits per heavy atom. The summed E-state index contributed by atoms with van der Waals surface area (Å²) in [6.45, 7) is 6.99. The van der Waals surface area contributed by atoms with Gasteiger partial charge >= 0.3 is 0 Å². The molecule has 0 saturated heterocycles. The average Bonchev–Trinajstić information content (AvgIpc) is 2.94. The van der Waals surface area contributed by atoms with E-state index in [0.29, 0.717) is 18.4 Å². The van der Waals surface area contributed by atoms with Crippen LogP contribution in [0.1, 0.15) is 55.5 Å². The van der Waals surface area contributed by atoms with Crippen molar-refractivity contribution in [1.82, 2.24) is 10.3 Å². The van der Waals surface area contributed by atoms with Crippen LogP contribution in [0, 0.1) is 5.92 Å². The van der Waals surface area contributed by atoms with Crippen LogP contribution < -0.4 is 16.8 Å². The van der Waals surface area contributed by atoms with E-state index < -0.39 is 11.5 Å². The largest absolute Gasteiger partial charge is 0.504 e. The number of benzene rings is 2. The molecule has 204 valence electrons. The van der Waals surface area contributed by atoms with E-state index in [1.54, 1.807) is 6.07 Å². The molecule has 0 amide bonds. The lowest BCUT2D eigenvalue weighted by Crippen LogP contribution is -2.47. The number of nitrogens with zero attached hydrogens (tertiary/aromatic N) is 2. The second-order valence-corrected chi connectivity index (χ2v) is 10.7. The minimum absolute atomic E-state index is 0.0701. The monoisotopic (exact) mass is 519 g/mol. The molecule has 0 spiro atoms. The van der Waals surface area contributed by atoms with Crippen LogP contribution in [0.3, 0.4) is 0 Å². The van der Waals surface area contributed by atoms with Gasteiger partial charge in [0.2, 0.25) is 0 Å². The third kappa shape index (κ3) is 5.87. The molecule has 5 rings (SSSR count).